The molecule has 3 rings (SSSR count). The van der Waals surface area contributed by atoms with Crippen LogP contribution in [0.15, 0.2) is 4.99 Å². The first-order valence-corrected chi connectivity index (χ1v) is 6.55. The second-order valence-electron chi connectivity index (χ2n) is 5.44. The Bertz CT molecular complexity index is 498. The molecule has 10 N–H and O–H groups in total. The maximum atomic E-state index is 10.8. The third-order valence-corrected chi connectivity index (χ3v) is 4.26. The van der Waals surface area contributed by atoms with Crippen LogP contribution in [-0.4, -0.2) is 70.1 Å². The Morgan fingerprint density at radius 3 is 2.95 bits per heavy atom. The van der Waals surface area contributed by atoms with Crippen LogP contribution in [0.2, 0.25) is 0 Å². The molecule has 0 saturated carbocycles. The number of rotatable bonds is 2. The van der Waals surface area contributed by atoms with Gasteiger partial charge < -0.3 is 37.1 Å². The van der Waals surface area contributed by atoms with Gasteiger partial charge >= 0.3 is 6.09 Å². The fourth-order valence-electron chi connectivity index (χ4n) is 3.44. The average Bonchev–Trinajstić information content (AvgIpc) is 2.85. The molecule has 0 aromatic rings. The highest BCUT2D eigenvalue weighted by Crippen LogP contribution is 2.43. The number of hydrogen-bond acceptors (Lipinski definition) is 10. The van der Waals surface area contributed by atoms with E-state index in [-0.39, 0.29) is 19.0 Å². The summed E-state index contributed by atoms with van der Waals surface area (Å²) in [6, 6.07) is -1.26. The van der Waals surface area contributed by atoms with Crippen LogP contribution in [-0.2, 0) is 4.74 Å². The first-order chi connectivity index (χ1) is 9.78. The standard InChI is InChI=1S/C10H19N7O4/c11-6-15-5-4(3-21-8(13)18)14-7(12)17-2-1-9(19,20)10(5,17)16-6/h4-6,15-16,19-20H,1-3,11H2,(H2,12,14)(H2,13,18)/t4-,5-,6?,10-/m0/s1. The Balaban J connectivity index is 1.98. The van der Waals surface area contributed by atoms with Gasteiger partial charge in [-0.2, -0.15) is 0 Å². The van der Waals surface area contributed by atoms with Crippen LogP contribution in [0.5, 0.6) is 0 Å². The number of aliphatic hydroxyl groups is 2. The maximum Gasteiger partial charge on any atom is 0.404 e. The summed E-state index contributed by atoms with van der Waals surface area (Å²) in [5.41, 5.74) is 15.4. The molecule has 0 aromatic heterocycles. The molecular formula is C10H19N7O4. The molecule has 21 heavy (non-hydrogen) atoms. The summed E-state index contributed by atoms with van der Waals surface area (Å²) in [4.78, 5) is 16.6. The molecule has 0 radical (unpaired) electrons. The molecule has 3 aliphatic heterocycles. The number of primary amides is 1. The lowest BCUT2D eigenvalue weighted by Crippen LogP contribution is -2.76. The van der Waals surface area contributed by atoms with Crippen molar-refractivity contribution in [3.8, 4) is 0 Å². The number of nitrogens with two attached hydrogens (primary N) is 3. The van der Waals surface area contributed by atoms with Crippen LogP contribution in [0.25, 0.3) is 0 Å². The third kappa shape index (κ3) is 1.86. The van der Waals surface area contributed by atoms with Gasteiger partial charge in [0.25, 0.3) is 0 Å². The molecule has 3 aliphatic rings. The van der Waals surface area contributed by atoms with Gasteiger partial charge in [0.1, 0.15) is 18.9 Å². The van der Waals surface area contributed by atoms with Crippen molar-refractivity contribution in [2.24, 2.45) is 22.2 Å². The number of carbonyl (C=O) groups excluding carboxylic acids is 1. The van der Waals surface area contributed by atoms with Gasteiger partial charge in [-0.1, -0.05) is 0 Å². The van der Waals surface area contributed by atoms with Crippen molar-refractivity contribution in [3.05, 3.63) is 0 Å². The van der Waals surface area contributed by atoms with E-state index in [0.29, 0.717) is 6.54 Å². The molecule has 0 bridgehead atoms. The van der Waals surface area contributed by atoms with E-state index in [1.165, 1.54) is 0 Å². The van der Waals surface area contributed by atoms with E-state index < -0.39 is 35.9 Å². The summed E-state index contributed by atoms with van der Waals surface area (Å²) >= 11 is 0. The molecule has 4 atom stereocenters. The lowest BCUT2D eigenvalue weighted by Gasteiger charge is -2.49. The molecule has 2 saturated heterocycles. The highest BCUT2D eigenvalue weighted by atomic mass is 16.5. The van der Waals surface area contributed by atoms with Gasteiger partial charge in [0, 0.05) is 13.0 Å². The van der Waals surface area contributed by atoms with E-state index >= 15 is 0 Å². The Morgan fingerprint density at radius 2 is 2.29 bits per heavy atom. The molecule has 2 fully saturated rings. The quantitative estimate of drug-likeness (QED) is 0.248. The zero-order valence-electron chi connectivity index (χ0n) is 11.2. The predicted octanol–water partition coefficient (Wildman–Crippen LogP) is -4.33. The number of aliphatic imine (C=N–C) groups is 1. The molecule has 11 nitrogen and oxygen atoms in total. The number of ether oxygens (including phenoxy) is 1. The number of hydrogen-bond donors (Lipinski definition) is 7. The second-order valence-corrected chi connectivity index (χ2v) is 5.44. The minimum Gasteiger partial charge on any atom is -0.447 e. The topological polar surface area (TPSA) is 184 Å². The highest BCUT2D eigenvalue weighted by Gasteiger charge is 2.69. The van der Waals surface area contributed by atoms with Crippen molar-refractivity contribution in [2.45, 2.75) is 36.2 Å². The van der Waals surface area contributed by atoms with Crippen LogP contribution in [0.3, 0.4) is 0 Å². The second kappa shape index (κ2) is 4.42. The highest BCUT2D eigenvalue weighted by molar-refractivity contribution is 5.81. The van der Waals surface area contributed by atoms with Crippen molar-refractivity contribution in [3.63, 3.8) is 0 Å². The minimum atomic E-state index is -2.07. The van der Waals surface area contributed by atoms with Gasteiger partial charge in [-0.15, -0.1) is 0 Å². The van der Waals surface area contributed by atoms with Gasteiger partial charge in [0.05, 0.1) is 6.04 Å². The number of nitrogens with zero attached hydrogens (tertiary/aromatic N) is 2. The molecule has 1 spiro atoms. The van der Waals surface area contributed by atoms with Crippen LogP contribution in [0, 0.1) is 0 Å². The van der Waals surface area contributed by atoms with Crippen molar-refractivity contribution >= 4 is 12.1 Å². The van der Waals surface area contributed by atoms with Gasteiger partial charge in [-0.25, -0.2) is 9.79 Å². The average molecular weight is 301 g/mol. The molecule has 11 heteroatoms. The Hall–Kier alpha value is -1.66. The first kappa shape index (κ1) is 14.3. The molecule has 1 amide bonds. The van der Waals surface area contributed by atoms with E-state index in [4.69, 9.17) is 21.9 Å². The van der Waals surface area contributed by atoms with Gasteiger partial charge in [0.2, 0.25) is 5.79 Å². The Kier molecular flexibility index (Phi) is 3.00. The Morgan fingerprint density at radius 1 is 1.57 bits per heavy atom. The van der Waals surface area contributed by atoms with Crippen LogP contribution < -0.4 is 27.8 Å². The van der Waals surface area contributed by atoms with Crippen molar-refractivity contribution in [1.82, 2.24) is 15.5 Å². The van der Waals surface area contributed by atoms with Gasteiger partial charge in [-0.3, -0.25) is 10.6 Å². The predicted molar refractivity (Wildman–Crippen MR) is 70.2 cm³/mol. The van der Waals surface area contributed by atoms with E-state index in [0.717, 1.165) is 0 Å². The molecule has 0 aliphatic carbocycles. The molecular weight excluding hydrogens is 282 g/mol. The minimum absolute atomic E-state index is 0.0739. The van der Waals surface area contributed by atoms with Gasteiger partial charge in [-0.05, 0) is 0 Å². The number of amides is 1. The smallest absolute Gasteiger partial charge is 0.404 e. The van der Waals surface area contributed by atoms with E-state index in [9.17, 15) is 15.0 Å². The lowest BCUT2D eigenvalue weighted by atomic mass is 9.87. The van der Waals surface area contributed by atoms with Crippen LogP contribution in [0.4, 0.5) is 4.79 Å². The normalized spacial score (nSPS) is 40.4. The number of guanidine groups is 1. The van der Waals surface area contributed by atoms with Crippen molar-refractivity contribution in [2.75, 3.05) is 13.2 Å². The monoisotopic (exact) mass is 301 g/mol. The largest absolute Gasteiger partial charge is 0.447 e. The SMILES string of the molecule is NC(=O)OC[C@@H]1N=C(N)N2CCC(O)(O)[C@@]23NC(N)N[C@@H]13. The molecule has 3 heterocycles. The van der Waals surface area contributed by atoms with Gasteiger partial charge in [0.15, 0.2) is 11.6 Å². The molecule has 0 aromatic carbocycles. The molecule has 118 valence electrons. The summed E-state index contributed by atoms with van der Waals surface area (Å²) in [6.45, 7) is 0.164. The van der Waals surface area contributed by atoms with E-state index in [1.54, 1.807) is 4.90 Å². The third-order valence-electron chi connectivity index (χ3n) is 4.26. The summed E-state index contributed by atoms with van der Waals surface area (Å²) < 4.78 is 4.77. The fraction of sp³-hybridized carbons (Fsp3) is 0.800. The van der Waals surface area contributed by atoms with E-state index in [1.807, 2.05) is 0 Å². The summed E-state index contributed by atoms with van der Waals surface area (Å²) in [5.74, 6) is -1.94. The van der Waals surface area contributed by atoms with Crippen molar-refractivity contribution < 1.29 is 19.7 Å². The number of carbonyl (C=O) groups is 1. The maximum absolute atomic E-state index is 10.8. The summed E-state index contributed by atoms with van der Waals surface area (Å²) in [7, 11) is 0. The van der Waals surface area contributed by atoms with Crippen molar-refractivity contribution in [1.29, 1.82) is 0 Å². The fourth-order valence-corrected chi connectivity index (χ4v) is 3.44. The van der Waals surface area contributed by atoms with Crippen LogP contribution >= 0.6 is 0 Å². The first-order valence-electron chi connectivity index (χ1n) is 6.55. The zero-order chi connectivity index (χ0) is 15.4. The summed E-state index contributed by atoms with van der Waals surface area (Å²) in [5, 5.41) is 26.7. The summed E-state index contributed by atoms with van der Waals surface area (Å²) in [6.07, 6.45) is -1.56. The molecule has 1 unspecified atom stereocenters. The lowest BCUT2D eigenvalue weighted by molar-refractivity contribution is -0.223. The zero-order valence-corrected chi connectivity index (χ0v) is 11.2. The van der Waals surface area contributed by atoms with Crippen LogP contribution in [0.1, 0.15) is 6.42 Å². The van der Waals surface area contributed by atoms with E-state index in [2.05, 4.69) is 15.6 Å². The Labute approximate surface area is 120 Å². The number of nitrogens with one attached hydrogen (secondary N) is 2.